The van der Waals surface area contributed by atoms with E-state index in [4.69, 9.17) is 0 Å². The third-order valence-electron chi connectivity index (χ3n) is 1.37. The minimum Gasteiger partial charge on any atom is -0.329 e. The average Bonchev–Trinajstić information content (AvgIpc) is 2.52. The minimum absolute atomic E-state index is 0.265. The SMILES string of the molecule is CN(C)C(=O)n1ccc(NC=O)n1. The van der Waals surface area contributed by atoms with E-state index in [9.17, 15) is 9.59 Å². The van der Waals surface area contributed by atoms with Crippen LogP contribution in [-0.2, 0) is 4.79 Å². The molecule has 6 heteroatoms. The highest BCUT2D eigenvalue weighted by Gasteiger charge is 2.07. The molecule has 70 valence electrons. The molecule has 2 amide bonds. The van der Waals surface area contributed by atoms with E-state index in [0.717, 1.165) is 4.68 Å². The maximum absolute atomic E-state index is 11.3. The van der Waals surface area contributed by atoms with E-state index in [2.05, 4.69) is 10.4 Å². The Bertz CT molecular complexity index is 318. The first-order valence-corrected chi connectivity index (χ1v) is 3.62. The summed E-state index contributed by atoms with van der Waals surface area (Å²) in [6.07, 6.45) is 1.99. The van der Waals surface area contributed by atoms with Crippen LogP contribution in [-0.4, -0.2) is 41.2 Å². The van der Waals surface area contributed by atoms with Crippen molar-refractivity contribution in [3.05, 3.63) is 12.3 Å². The van der Waals surface area contributed by atoms with Crippen molar-refractivity contribution < 1.29 is 9.59 Å². The molecule has 0 aliphatic carbocycles. The molecule has 13 heavy (non-hydrogen) atoms. The largest absolute Gasteiger partial charge is 0.344 e. The van der Waals surface area contributed by atoms with Crippen LogP contribution in [0.15, 0.2) is 12.3 Å². The quantitative estimate of drug-likeness (QED) is 0.653. The van der Waals surface area contributed by atoms with Crippen LogP contribution in [0.1, 0.15) is 0 Å². The molecule has 1 aromatic heterocycles. The van der Waals surface area contributed by atoms with Gasteiger partial charge in [0.15, 0.2) is 5.82 Å². The van der Waals surface area contributed by atoms with Crippen LogP contribution >= 0.6 is 0 Å². The molecule has 0 aliphatic rings. The third kappa shape index (κ3) is 2.05. The average molecular weight is 182 g/mol. The highest BCUT2D eigenvalue weighted by Crippen LogP contribution is 2.01. The molecule has 1 rings (SSSR count). The lowest BCUT2D eigenvalue weighted by Gasteiger charge is -2.08. The van der Waals surface area contributed by atoms with Gasteiger partial charge in [-0.1, -0.05) is 0 Å². The Labute approximate surface area is 75.1 Å². The zero-order valence-electron chi connectivity index (χ0n) is 7.39. The Hall–Kier alpha value is -1.85. The summed E-state index contributed by atoms with van der Waals surface area (Å²) in [4.78, 5) is 22.7. The van der Waals surface area contributed by atoms with Crippen LogP contribution < -0.4 is 5.32 Å². The molecule has 6 nitrogen and oxygen atoms in total. The molecule has 0 radical (unpaired) electrons. The van der Waals surface area contributed by atoms with Crippen LogP contribution in [0.2, 0.25) is 0 Å². The van der Waals surface area contributed by atoms with Gasteiger partial charge in [-0.3, -0.25) is 4.79 Å². The van der Waals surface area contributed by atoms with Gasteiger partial charge in [-0.25, -0.2) is 4.79 Å². The summed E-state index contributed by atoms with van der Waals surface area (Å²) in [7, 11) is 3.24. The van der Waals surface area contributed by atoms with Crippen molar-refractivity contribution in [2.24, 2.45) is 0 Å². The topological polar surface area (TPSA) is 67.2 Å². The highest BCUT2D eigenvalue weighted by molar-refractivity contribution is 5.76. The fourth-order valence-electron chi connectivity index (χ4n) is 0.773. The number of hydrogen-bond donors (Lipinski definition) is 1. The summed E-state index contributed by atoms with van der Waals surface area (Å²) in [6.45, 7) is 0. The number of amides is 2. The number of carbonyl (C=O) groups is 2. The Morgan fingerprint density at radius 2 is 2.38 bits per heavy atom. The van der Waals surface area contributed by atoms with Gasteiger partial charge in [0, 0.05) is 26.4 Å². The molecule has 0 aliphatic heterocycles. The molecule has 0 unspecified atom stereocenters. The Morgan fingerprint density at radius 3 is 2.92 bits per heavy atom. The number of rotatable bonds is 2. The molecular weight excluding hydrogens is 172 g/mol. The van der Waals surface area contributed by atoms with Gasteiger partial charge in [-0.2, -0.15) is 4.68 Å². The number of aromatic nitrogens is 2. The Kier molecular flexibility index (Phi) is 2.63. The Balaban J connectivity index is 2.79. The van der Waals surface area contributed by atoms with Crippen molar-refractivity contribution in [2.45, 2.75) is 0 Å². The molecule has 0 fully saturated rings. The summed E-state index contributed by atoms with van der Waals surface area (Å²) >= 11 is 0. The molecular formula is C7H10N4O2. The second kappa shape index (κ2) is 3.70. The third-order valence-corrected chi connectivity index (χ3v) is 1.37. The predicted molar refractivity (Wildman–Crippen MR) is 46.4 cm³/mol. The van der Waals surface area contributed by atoms with Crippen molar-refractivity contribution >= 4 is 18.3 Å². The van der Waals surface area contributed by atoms with Crippen LogP contribution in [0.25, 0.3) is 0 Å². The standard InChI is InChI=1S/C7H10N4O2/c1-10(2)7(13)11-4-3-6(9-11)8-5-12/h3-5H,1-2H3,(H,8,9,12). The molecule has 1 N–H and O–H groups in total. The summed E-state index contributed by atoms with van der Waals surface area (Å²) in [5, 5.41) is 6.14. The highest BCUT2D eigenvalue weighted by atomic mass is 16.2. The van der Waals surface area contributed by atoms with E-state index in [1.807, 2.05) is 0 Å². The van der Waals surface area contributed by atoms with E-state index in [0.29, 0.717) is 12.2 Å². The van der Waals surface area contributed by atoms with Crippen molar-refractivity contribution in [1.29, 1.82) is 0 Å². The second-order valence-corrected chi connectivity index (χ2v) is 2.58. The predicted octanol–water partition coefficient (Wildman–Crippen LogP) is -0.0189. The molecule has 0 saturated heterocycles. The zero-order valence-corrected chi connectivity index (χ0v) is 7.39. The smallest absolute Gasteiger partial charge is 0.329 e. The number of hydrogen-bond acceptors (Lipinski definition) is 3. The minimum atomic E-state index is -0.265. The maximum atomic E-state index is 11.3. The number of anilines is 1. The van der Waals surface area contributed by atoms with Gasteiger partial charge >= 0.3 is 6.03 Å². The zero-order chi connectivity index (χ0) is 9.84. The van der Waals surface area contributed by atoms with Gasteiger partial charge in [0.1, 0.15) is 0 Å². The van der Waals surface area contributed by atoms with Gasteiger partial charge < -0.3 is 10.2 Å². The van der Waals surface area contributed by atoms with E-state index in [-0.39, 0.29) is 6.03 Å². The molecule has 1 aromatic rings. The van der Waals surface area contributed by atoms with Crippen LogP contribution in [0, 0.1) is 0 Å². The van der Waals surface area contributed by atoms with Crippen LogP contribution in [0.4, 0.5) is 10.6 Å². The Morgan fingerprint density at radius 1 is 1.69 bits per heavy atom. The van der Waals surface area contributed by atoms with E-state index in [1.165, 1.54) is 17.2 Å². The molecule has 0 atom stereocenters. The first kappa shape index (κ1) is 9.24. The van der Waals surface area contributed by atoms with E-state index in [1.54, 1.807) is 14.1 Å². The van der Waals surface area contributed by atoms with Crippen molar-refractivity contribution in [3.63, 3.8) is 0 Å². The lowest BCUT2D eigenvalue weighted by Crippen LogP contribution is -2.27. The van der Waals surface area contributed by atoms with Gasteiger partial charge in [0.2, 0.25) is 6.41 Å². The molecule has 0 saturated carbocycles. The van der Waals surface area contributed by atoms with Gasteiger partial charge in [0.25, 0.3) is 0 Å². The van der Waals surface area contributed by atoms with Gasteiger partial charge in [-0.05, 0) is 0 Å². The van der Waals surface area contributed by atoms with Gasteiger partial charge in [0.05, 0.1) is 0 Å². The number of nitrogens with one attached hydrogen (secondary N) is 1. The fourth-order valence-corrected chi connectivity index (χ4v) is 0.773. The molecule has 0 spiro atoms. The molecule has 0 aromatic carbocycles. The maximum Gasteiger partial charge on any atom is 0.344 e. The number of nitrogens with zero attached hydrogens (tertiary/aromatic N) is 3. The van der Waals surface area contributed by atoms with Crippen molar-refractivity contribution in [2.75, 3.05) is 19.4 Å². The summed E-state index contributed by atoms with van der Waals surface area (Å²) in [6, 6.07) is 1.27. The van der Waals surface area contributed by atoms with Crippen LogP contribution in [0.5, 0.6) is 0 Å². The summed E-state index contributed by atoms with van der Waals surface area (Å²) in [5.41, 5.74) is 0. The lowest BCUT2D eigenvalue weighted by atomic mass is 10.6. The van der Waals surface area contributed by atoms with Crippen LogP contribution in [0.3, 0.4) is 0 Å². The lowest BCUT2D eigenvalue weighted by molar-refractivity contribution is -0.105. The van der Waals surface area contributed by atoms with E-state index >= 15 is 0 Å². The van der Waals surface area contributed by atoms with Gasteiger partial charge in [-0.15, -0.1) is 5.10 Å². The number of carbonyl (C=O) groups excluding carboxylic acids is 2. The monoisotopic (exact) mass is 182 g/mol. The summed E-state index contributed by atoms with van der Waals surface area (Å²) in [5.74, 6) is 0.352. The normalized spacial score (nSPS) is 9.38. The fraction of sp³-hybridized carbons (Fsp3) is 0.286. The first-order valence-electron chi connectivity index (χ1n) is 3.62. The second-order valence-electron chi connectivity index (χ2n) is 2.58. The summed E-state index contributed by atoms with van der Waals surface area (Å²) < 4.78 is 1.14. The van der Waals surface area contributed by atoms with E-state index < -0.39 is 0 Å². The van der Waals surface area contributed by atoms with Crippen molar-refractivity contribution in [1.82, 2.24) is 14.7 Å². The molecule has 1 heterocycles. The first-order chi connectivity index (χ1) is 6.15. The molecule has 0 bridgehead atoms. The van der Waals surface area contributed by atoms with Crippen molar-refractivity contribution in [3.8, 4) is 0 Å².